The summed E-state index contributed by atoms with van der Waals surface area (Å²) < 4.78 is 25.9. The molecule has 0 aliphatic heterocycles. The summed E-state index contributed by atoms with van der Waals surface area (Å²) in [6.07, 6.45) is 0. The molecule has 12 heavy (non-hydrogen) atoms. The summed E-state index contributed by atoms with van der Waals surface area (Å²) in [7, 11) is 0. The minimum atomic E-state index is -0.460. The molecule has 1 rings (SSSR count). The Hall–Kier alpha value is -0.920. The molecule has 0 radical (unpaired) electrons. The fraction of sp³-hybridized carbons (Fsp3) is 0.400. The van der Waals surface area contributed by atoms with Gasteiger partial charge >= 0.3 is 0 Å². The van der Waals surface area contributed by atoms with Crippen molar-refractivity contribution in [2.24, 2.45) is 0 Å². The van der Waals surface area contributed by atoms with Gasteiger partial charge in [-0.3, -0.25) is 0 Å². The van der Waals surface area contributed by atoms with Crippen molar-refractivity contribution >= 4 is 0 Å². The summed E-state index contributed by atoms with van der Waals surface area (Å²) in [6.45, 7) is 5.25. The highest BCUT2D eigenvalue weighted by Gasteiger charge is 2.08. The first-order valence-electron chi connectivity index (χ1n) is 3.98. The van der Waals surface area contributed by atoms with Crippen molar-refractivity contribution in [1.29, 1.82) is 0 Å². The first kappa shape index (κ1) is 9.17. The number of rotatable bonds is 1. The standard InChI is InChI=1S/C10H12F2/c1-6(2)8-4-9(11)7(3)10(12)5-8/h4-6H,1-3H3. The lowest BCUT2D eigenvalue weighted by Crippen LogP contribution is -1.94. The van der Waals surface area contributed by atoms with E-state index in [1.807, 2.05) is 13.8 Å². The highest BCUT2D eigenvalue weighted by molar-refractivity contribution is 5.26. The molecule has 0 N–H and O–H groups in total. The molecule has 0 spiro atoms. The fourth-order valence-electron chi connectivity index (χ4n) is 0.998. The van der Waals surface area contributed by atoms with Gasteiger partial charge in [0, 0.05) is 5.56 Å². The number of benzene rings is 1. The van der Waals surface area contributed by atoms with E-state index in [4.69, 9.17) is 0 Å². The predicted molar refractivity (Wildman–Crippen MR) is 45.2 cm³/mol. The van der Waals surface area contributed by atoms with Gasteiger partial charge in [0.1, 0.15) is 11.6 Å². The van der Waals surface area contributed by atoms with Crippen molar-refractivity contribution in [3.8, 4) is 0 Å². The highest BCUT2D eigenvalue weighted by atomic mass is 19.1. The zero-order chi connectivity index (χ0) is 9.30. The molecule has 2 heteroatoms. The van der Waals surface area contributed by atoms with Crippen LogP contribution in [0.5, 0.6) is 0 Å². The minimum absolute atomic E-state index is 0.0967. The van der Waals surface area contributed by atoms with Gasteiger partial charge in [0.2, 0.25) is 0 Å². The van der Waals surface area contributed by atoms with Gasteiger partial charge in [-0.25, -0.2) is 8.78 Å². The molecule has 0 aliphatic carbocycles. The van der Waals surface area contributed by atoms with Crippen molar-refractivity contribution in [1.82, 2.24) is 0 Å². The van der Waals surface area contributed by atoms with Crippen molar-refractivity contribution in [3.05, 3.63) is 34.9 Å². The maximum Gasteiger partial charge on any atom is 0.129 e. The van der Waals surface area contributed by atoms with Gasteiger partial charge in [0.05, 0.1) is 0 Å². The summed E-state index contributed by atoms with van der Waals surface area (Å²) in [5, 5.41) is 0. The van der Waals surface area contributed by atoms with Gasteiger partial charge in [-0.2, -0.15) is 0 Å². The van der Waals surface area contributed by atoms with E-state index in [0.717, 1.165) is 0 Å². The Morgan fingerprint density at radius 3 is 1.83 bits per heavy atom. The van der Waals surface area contributed by atoms with E-state index in [1.54, 1.807) is 0 Å². The Balaban J connectivity index is 3.21. The third-order valence-electron chi connectivity index (χ3n) is 1.97. The van der Waals surface area contributed by atoms with Crippen molar-refractivity contribution in [2.45, 2.75) is 26.7 Å². The Bertz CT molecular complexity index is 267. The smallest absolute Gasteiger partial charge is 0.129 e. The zero-order valence-electron chi connectivity index (χ0n) is 7.49. The van der Waals surface area contributed by atoms with Crippen LogP contribution in [0.3, 0.4) is 0 Å². The van der Waals surface area contributed by atoms with Crippen LogP contribution < -0.4 is 0 Å². The average molecular weight is 170 g/mol. The average Bonchev–Trinajstić information content (AvgIpc) is 1.99. The summed E-state index contributed by atoms with van der Waals surface area (Å²) in [5.74, 6) is -0.757. The van der Waals surface area contributed by atoms with E-state index >= 15 is 0 Å². The van der Waals surface area contributed by atoms with Crippen LogP contribution in [0.15, 0.2) is 12.1 Å². The van der Waals surface area contributed by atoms with Crippen molar-refractivity contribution in [3.63, 3.8) is 0 Å². The van der Waals surface area contributed by atoms with Crippen LogP contribution in [0.25, 0.3) is 0 Å². The Morgan fingerprint density at radius 2 is 1.50 bits per heavy atom. The van der Waals surface area contributed by atoms with Crippen molar-refractivity contribution < 1.29 is 8.78 Å². The van der Waals surface area contributed by atoms with E-state index < -0.39 is 11.6 Å². The molecule has 0 saturated carbocycles. The topological polar surface area (TPSA) is 0 Å². The summed E-state index contributed by atoms with van der Waals surface area (Å²) >= 11 is 0. The molecule has 0 fully saturated rings. The van der Waals surface area contributed by atoms with Gasteiger partial charge in [-0.15, -0.1) is 0 Å². The molecule has 1 aromatic carbocycles. The summed E-state index contributed by atoms with van der Waals surface area (Å²) in [4.78, 5) is 0. The van der Waals surface area contributed by atoms with Crippen LogP contribution in [0, 0.1) is 18.6 Å². The molecule has 0 saturated heterocycles. The predicted octanol–water partition coefficient (Wildman–Crippen LogP) is 3.40. The lowest BCUT2D eigenvalue weighted by atomic mass is 10.0. The molecule has 0 aliphatic rings. The second-order valence-electron chi connectivity index (χ2n) is 3.26. The molecule has 0 heterocycles. The number of halogens is 2. The van der Waals surface area contributed by atoms with E-state index in [-0.39, 0.29) is 11.5 Å². The molecule has 66 valence electrons. The Labute approximate surface area is 71.2 Å². The maximum atomic E-state index is 13.0. The second-order valence-corrected chi connectivity index (χ2v) is 3.26. The summed E-state index contributed by atoms with van der Waals surface area (Å²) in [5.41, 5.74) is 0.801. The molecule has 0 unspecified atom stereocenters. The molecule has 0 nitrogen and oxygen atoms in total. The number of hydrogen-bond acceptors (Lipinski definition) is 0. The maximum absolute atomic E-state index is 13.0. The van der Waals surface area contributed by atoms with Gasteiger partial charge in [0.25, 0.3) is 0 Å². The normalized spacial score (nSPS) is 10.8. The van der Waals surface area contributed by atoms with Gasteiger partial charge in [-0.1, -0.05) is 13.8 Å². The van der Waals surface area contributed by atoms with E-state index in [1.165, 1.54) is 19.1 Å². The summed E-state index contributed by atoms with van der Waals surface area (Å²) in [6, 6.07) is 2.78. The largest absolute Gasteiger partial charge is 0.207 e. The van der Waals surface area contributed by atoms with Crippen LogP contribution in [-0.2, 0) is 0 Å². The molecular weight excluding hydrogens is 158 g/mol. The SMILES string of the molecule is Cc1c(F)cc(C(C)C)cc1F. The lowest BCUT2D eigenvalue weighted by molar-refractivity contribution is 0.562. The van der Waals surface area contributed by atoms with Crippen LogP contribution in [0.1, 0.15) is 30.9 Å². The molecule has 1 aromatic rings. The first-order valence-corrected chi connectivity index (χ1v) is 3.98. The molecule has 0 atom stereocenters. The Kier molecular flexibility index (Phi) is 2.46. The third-order valence-corrected chi connectivity index (χ3v) is 1.97. The van der Waals surface area contributed by atoms with E-state index in [0.29, 0.717) is 5.56 Å². The van der Waals surface area contributed by atoms with Crippen molar-refractivity contribution in [2.75, 3.05) is 0 Å². The van der Waals surface area contributed by atoms with E-state index in [2.05, 4.69) is 0 Å². The van der Waals surface area contributed by atoms with Gasteiger partial charge < -0.3 is 0 Å². The highest BCUT2D eigenvalue weighted by Crippen LogP contribution is 2.20. The van der Waals surface area contributed by atoms with Gasteiger partial charge in [-0.05, 0) is 30.5 Å². The quantitative estimate of drug-likeness (QED) is 0.606. The first-order chi connectivity index (χ1) is 5.52. The fourth-order valence-corrected chi connectivity index (χ4v) is 0.998. The Morgan fingerprint density at radius 1 is 1.08 bits per heavy atom. The monoisotopic (exact) mass is 170 g/mol. The van der Waals surface area contributed by atoms with E-state index in [9.17, 15) is 8.78 Å². The van der Waals surface area contributed by atoms with Crippen LogP contribution in [0.2, 0.25) is 0 Å². The van der Waals surface area contributed by atoms with Crippen LogP contribution in [0.4, 0.5) is 8.78 Å². The lowest BCUT2D eigenvalue weighted by Gasteiger charge is -2.07. The van der Waals surface area contributed by atoms with Gasteiger partial charge in [0.15, 0.2) is 0 Å². The second kappa shape index (κ2) is 3.21. The van der Waals surface area contributed by atoms with Crippen LogP contribution >= 0.6 is 0 Å². The number of hydrogen-bond donors (Lipinski definition) is 0. The molecule has 0 aromatic heterocycles. The molecule has 0 bridgehead atoms. The third kappa shape index (κ3) is 1.63. The molecule has 0 amide bonds. The minimum Gasteiger partial charge on any atom is -0.207 e. The molecular formula is C10H12F2. The zero-order valence-corrected chi connectivity index (χ0v) is 7.49. The van der Waals surface area contributed by atoms with Crippen LogP contribution in [-0.4, -0.2) is 0 Å².